The summed E-state index contributed by atoms with van der Waals surface area (Å²) in [5, 5.41) is 0. The molecule has 27 heavy (non-hydrogen) atoms. The van der Waals surface area contributed by atoms with Crippen LogP contribution in [-0.4, -0.2) is 23.9 Å². The van der Waals surface area contributed by atoms with Gasteiger partial charge >= 0.3 is 0 Å². The van der Waals surface area contributed by atoms with Crippen molar-refractivity contribution in [1.82, 2.24) is 23.9 Å². The van der Waals surface area contributed by atoms with E-state index in [2.05, 4.69) is 21.0 Å². The van der Waals surface area contributed by atoms with Crippen LogP contribution in [-0.2, 0) is 6.54 Å². The molecule has 4 heterocycles. The van der Waals surface area contributed by atoms with Crippen molar-refractivity contribution in [1.29, 1.82) is 0 Å². The second kappa shape index (κ2) is 6.17. The summed E-state index contributed by atoms with van der Waals surface area (Å²) in [5.74, 6) is 0. The van der Waals surface area contributed by atoms with E-state index in [9.17, 15) is 4.79 Å². The van der Waals surface area contributed by atoms with Gasteiger partial charge in [-0.1, -0.05) is 24.3 Å². The van der Waals surface area contributed by atoms with Gasteiger partial charge in [-0.2, -0.15) is 0 Å². The average Bonchev–Trinajstić information content (AvgIpc) is 3.15. The molecule has 0 saturated heterocycles. The molecule has 5 rings (SSSR count). The van der Waals surface area contributed by atoms with E-state index in [1.165, 1.54) is 0 Å². The predicted molar refractivity (Wildman–Crippen MR) is 104 cm³/mol. The molecule has 0 aliphatic rings. The molecule has 0 fully saturated rings. The molecule has 0 unspecified atom stereocenters. The largest absolute Gasteiger partial charge is 0.300 e. The quantitative estimate of drug-likeness (QED) is 0.500. The molecule has 0 bridgehead atoms. The van der Waals surface area contributed by atoms with Crippen LogP contribution in [0.3, 0.4) is 0 Å². The van der Waals surface area contributed by atoms with Gasteiger partial charge in [0.25, 0.3) is 5.56 Å². The lowest BCUT2D eigenvalue weighted by Gasteiger charge is -2.08. The molecule has 0 radical (unpaired) electrons. The standard InChI is InChI=1S/C21H15N5O/c27-21-20-17(7-4-9-22-20)24-14-25(21)13-15-5-3-6-16(11-15)18-12-23-19-8-1-2-10-26(18)19/h1-12,14H,13H2. The Bertz CT molecular complexity index is 1340. The normalized spacial score (nSPS) is 11.3. The summed E-state index contributed by atoms with van der Waals surface area (Å²) in [6.07, 6.45) is 7.05. The molecular weight excluding hydrogens is 338 g/mol. The summed E-state index contributed by atoms with van der Waals surface area (Å²) < 4.78 is 3.63. The van der Waals surface area contributed by atoms with Crippen LogP contribution in [0.25, 0.3) is 27.9 Å². The number of rotatable bonds is 3. The van der Waals surface area contributed by atoms with E-state index in [0.29, 0.717) is 17.6 Å². The van der Waals surface area contributed by atoms with Crippen LogP contribution >= 0.6 is 0 Å². The predicted octanol–water partition coefficient (Wildman–Crippen LogP) is 3.15. The Balaban J connectivity index is 1.55. The fraction of sp³-hybridized carbons (Fsp3) is 0.0476. The van der Waals surface area contributed by atoms with Gasteiger partial charge in [0.05, 0.1) is 30.3 Å². The van der Waals surface area contributed by atoms with Crippen molar-refractivity contribution >= 4 is 16.7 Å². The van der Waals surface area contributed by atoms with Gasteiger partial charge in [-0.25, -0.2) is 15.0 Å². The molecule has 0 aliphatic heterocycles. The van der Waals surface area contributed by atoms with Gasteiger partial charge in [-0.3, -0.25) is 13.8 Å². The first-order chi connectivity index (χ1) is 13.3. The van der Waals surface area contributed by atoms with Crippen LogP contribution in [0.2, 0.25) is 0 Å². The van der Waals surface area contributed by atoms with Crippen molar-refractivity contribution in [2.75, 3.05) is 0 Å². The fourth-order valence-electron chi connectivity index (χ4n) is 3.27. The third-order valence-corrected chi connectivity index (χ3v) is 4.58. The zero-order valence-electron chi connectivity index (χ0n) is 14.4. The summed E-state index contributed by atoms with van der Waals surface area (Å²) in [4.78, 5) is 25.6. The van der Waals surface area contributed by atoms with Gasteiger partial charge in [0.15, 0.2) is 5.52 Å². The molecule has 0 aliphatic carbocycles. The summed E-state index contributed by atoms with van der Waals surface area (Å²) in [6, 6.07) is 17.6. The second-order valence-corrected chi connectivity index (χ2v) is 6.32. The highest BCUT2D eigenvalue weighted by atomic mass is 16.1. The zero-order chi connectivity index (χ0) is 18.2. The maximum absolute atomic E-state index is 12.7. The topological polar surface area (TPSA) is 65.1 Å². The Morgan fingerprint density at radius 1 is 0.926 bits per heavy atom. The maximum Gasteiger partial charge on any atom is 0.280 e. The summed E-state index contributed by atoms with van der Waals surface area (Å²) in [6.45, 7) is 0.433. The van der Waals surface area contributed by atoms with Gasteiger partial charge in [-0.15, -0.1) is 0 Å². The first-order valence-corrected chi connectivity index (χ1v) is 8.61. The Morgan fingerprint density at radius 2 is 1.89 bits per heavy atom. The molecule has 6 nitrogen and oxygen atoms in total. The number of hydrogen-bond acceptors (Lipinski definition) is 4. The summed E-state index contributed by atoms with van der Waals surface area (Å²) >= 11 is 0. The van der Waals surface area contributed by atoms with Crippen molar-refractivity contribution in [2.45, 2.75) is 6.54 Å². The second-order valence-electron chi connectivity index (χ2n) is 6.32. The van der Waals surface area contributed by atoms with E-state index in [4.69, 9.17) is 0 Å². The van der Waals surface area contributed by atoms with E-state index in [0.717, 1.165) is 22.5 Å². The number of imidazole rings is 1. The van der Waals surface area contributed by atoms with Crippen LogP contribution in [0, 0.1) is 0 Å². The first kappa shape index (κ1) is 15.5. The molecular formula is C21H15N5O. The van der Waals surface area contributed by atoms with Crippen molar-refractivity contribution in [3.8, 4) is 11.3 Å². The van der Waals surface area contributed by atoms with Crippen LogP contribution in [0.4, 0.5) is 0 Å². The van der Waals surface area contributed by atoms with Crippen molar-refractivity contribution < 1.29 is 0 Å². The van der Waals surface area contributed by atoms with E-state index in [1.54, 1.807) is 29.2 Å². The Morgan fingerprint density at radius 3 is 2.85 bits per heavy atom. The lowest BCUT2D eigenvalue weighted by Crippen LogP contribution is -2.21. The highest BCUT2D eigenvalue weighted by molar-refractivity contribution is 5.72. The van der Waals surface area contributed by atoms with E-state index < -0.39 is 0 Å². The molecule has 0 saturated carbocycles. The third kappa shape index (κ3) is 2.67. The van der Waals surface area contributed by atoms with Crippen molar-refractivity contribution in [3.63, 3.8) is 0 Å². The van der Waals surface area contributed by atoms with E-state index in [1.807, 2.05) is 53.2 Å². The molecule has 5 aromatic rings. The smallest absolute Gasteiger partial charge is 0.280 e. The fourth-order valence-corrected chi connectivity index (χ4v) is 3.27. The van der Waals surface area contributed by atoms with Gasteiger partial charge < -0.3 is 0 Å². The number of pyridine rings is 2. The minimum absolute atomic E-state index is 0.138. The molecule has 1 aromatic carbocycles. The minimum atomic E-state index is -0.138. The Hall–Kier alpha value is -3.80. The zero-order valence-corrected chi connectivity index (χ0v) is 14.4. The average molecular weight is 353 g/mol. The number of benzene rings is 1. The summed E-state index contributed by atoms with van der Waals surface area (Å²) in [5.41, 5.74) is 4.83. The van der Waals surface area contributed by atoms with Crippen LogP contribution in [0.15, 0.2) is 84.3 Å². The highest BCUT2D eigenvalue weighted by Crippen LogP contribution is 2.22. The number of fused-ring (bicyclic) bond motifs is 2. The Labute approximate surface area is 154 Å². The molecule has 0 atom stereocenters. The molecule has 6 heteroatoms. The van der Waals surface area contributed by atoms with E-state index in [-0.39, 0.29) is 5.56 Å². The maximum atomic E-state index is 12.7. The minimum Gasteiger partial charge on any atom is -0.300 e. The lowest BCUT2D eigenvalue weighted by molar-refractivity contribution is 0.746. The number of nitrogens with zero attached hydrogens (tertiary/aromatic N) is 5. The van der Waals surface area contributed by atoms with E-state index >= 15 is 0 Å². The van der Waals surface area contributed by atoms with Gasteiger partial charge in [0, 0.05) is 18.0 Å². The lowest BCUT2D eigenvalue weighted by atomic mass is 10.1. The highest BCUT2D eigenvalue weighted by Gasteiger charge is 2.08. The monoisotopic (exact) mass is 353 g/mol. The number of aromatic nitrogens is 5. The summed E-state index contributed by atoms with van der Waals surface area (Å²) in [7, 11) is 0. The van der Waals surface area contributed by atoms with Gasteiger partial charge in [0.1, 0.15) is 5.65 Å². The van der Waals surface area contributed by atoms with Crippen LogP contribution in [0.5, 0.6) is 0 Å². The SMILES string of the molecule is O=c1c2ncccc2ncn1Cc1cccc(-c2cnc3ccccn23)c1. The molecule has 4 aromatic heterocycles. The Kier molecular flexibility index (Phi) is 3.53. The van der Waals surface area contributed by atoms with Crippen LogP contribution < -0.4 is 5.56 Å². The molecule has 0 amide bonds. The van der Waals surface area contributed by atoms with Gasteiger partial charge in [0.2, 0.25) is 0 Å². The van der Waals surface area contributed by atoms with Crippen molar-refractivity contribution in [3.05, 3.63) is 95.4 Å². The third-order valence-electron chi connectivity index (χ3n) is 4.58. The molecule has 130 valence electrons. The first-order valence-electron chi connectivity index (χ1n) is 8.61. The molecule has 0 spiro atoms. The number of hydrogen-bond donors (Lipinski definition) is 0. The molecule has 0 N–H and O–H groups in total. The van der Waals surface area contributed by atoms with Crippen molar-refractivity contribution in [2.24, 2.45) is 0 Å². The van der Waals surface area contributed by atoms with Gasteiger partial charge in [-0.05, 0) is 35.9 Å². The van der Waals surface area contributed by atoms with Crippen LogP contribution in [0.1, 0.15) is 5.56 Å².